The van der Waals surface area contributed by atoms with E-state index in [9.17, 15) is 4.79 Å². The van der Waals surface area contributed by atoms with E-state index in [0.29, 0.717) is 12.1 Å². The number of benzene rings is 1. The van der Waals surface area contributed by atoms with E-state index < -0.39 is 5.92 Å². The first-order chi connectivity index (χ1) is 10.1. The zero-order chi connectivity index (χ0) is 15.4. The predicted octanol–water partition coefficient (Wildman–Crippen LogP) is 2.98. The van der Waals surface area contributed by atoms with Gasteiger partial charge in [0.05, 0.1) is 18.1 Å². The second kappa shape index (κ2) is 6.23. The van der Waals surface area contributed by atoms with Crippen molar-refractivity contribution in [2.24, 2.45) is 5.92 Å². The quantitative estimate of drug-likeness (QED) is 0.937. The fourth-order valence-corrected chi connectivity index (χ4v) is 2.03. The van der Waals surface area contributed by atoms with E-state index in [4.69, 9.17) is 5.26 Å². The molecule has 1 N–H and O–H groups in total. The zero-order valence-electron chi connectivity index (χ0n) is 12.4. The number of aryl methyl sites for hydroxylation is 1. The number of rotatable bonds is 4. The van der Waals surface area contributed by atoms with Crippen molar-refractivity contribution in [2.75, 3.05) is 5.32 Å². The number of carbonyl (C=O) groups excluding carboxylic acids is 1. The van der Waals surface area contributed by atoms with Gasteiger partial charge in [0.15, 0.2) is 0 Å². The fourth-order valence-electron chi connectivity index (χ4n) is 2.03. The van der Waals surface area contributed by atoms with Crippen LogP contribution in [0.3, 0.4) is 0 Å². The average molecular weight is 282 g/mol. The third-order valence-electron chi connectivity index (χ3n) is 3.55. The van der Waals surface area contributed by atoms with Gasteiger partial charge in [-0.05, 0) is 44.5 Å². The molecule has 0 spiro atoms. The highest BCUT2D eigenvalue weighted by Crippen LogP contribution is 2.17. The minimum Gasteiger partial charge on any atom is -0.325 e. The summed E-state index contributed by atoms with van der Waals surface area (Å²) in [7, 11) is 0. The van der Waals surface area contributed by atoms with E-state index in [2.05, 4.69) is 10.3 Å². The first-order valence-electron chi connectivity index (χ1n) is 6.88. The second-order valence-corrected chi connectivity index (χ2v) is 4.91. The van der Waals surface area contributed by atoms with Crippen LogP contribution in [0.15, 0.2) is 30.6 Å². The second-order valence-electron chi connectivity index (χ2n) is 4.91. The molecule has 21 heavy (non-hydrogen) atoms. The number of nitrogens with one attached hydrogen (secondary N) is 1. The highest BCUT2D eigenvalue weighted by atomic mass is 16.1. The molecule has 108 valence electrons. The average Bonchev–Trinajstić information content (AvgIpc) is 2.81. The van der Waals surface area contributed by atoms with Crippen LogP contribution in [0.2, 0.25) is 0 Å². The van der Waals surface area contributed by atoms with Crippen LogP contribution in [-0.4, -0.2) is 15.5 Å². The SMILES string of the molecule is CCC(C#N)C(=O)Nc1ccc(-n2cnc(C)c2C)cc1. The third kappa shape index (κ3) is 3.11. The molecule has 0 radical (unpaired) electrons. The van der Waals surface area contributed by atoms with Crippen molar-refractivity contribution in [3.05, 3.63) is 42.0 Å². The van der Waals surface area contributed by atoms with Crippen molar-refractivity contribution in [3.8, 4) is 11.8 Å². The van der Waals surface area contributed by atoms with Gasteiger partial charge in [0.1, 0.15) is 5.92 Å². The largest absolute Gasteiger partial charge is 0.325 e. The maximum Gasteiger partial charge on any atom is 0.241 e. The Morgan fingerprint density at radius 1 is 1.38 bits per heavy atom. The normalized spacial score (nSPS) is 11.7. The Kier molecular flexibility index (Phi) is 4.39. The fraction of sp³-hybridized carbons (Fsp3) is 0.312. The highest BCUT2D eigenvalue weighted by molar-refractivity contribution is 5.94. The molecule has 1 aromatic carbocycles. The molecule has 0 saturated carbocycles. The zero-order valence-corrected chi connectivity index (χ0v) is 12.4. The Labute approximate surface area is 124 Å². The number of anilines is 1. The summed E-state index contributed by atoms with van der Waals surface area (Å²) in [6.45, 7) is 5.80. The van der Waals surface area contributed by atoms with Crippen molar-refractivity contribution in [3.63, 3.8) is 0 Å². The molecule has 0 aliphatic carbocycles. The van der Waals surface area contributed by atoms with Gasteiger partial charge in [-0.1, -0.05) is 6.92 Å². The Morgan fingerprint density at radius 3 is 2.52 bits per heavy atom. The Bertz CT molecular complexity index is 679. The smallest absolute Gasteiger partial charge is 0.241 e. The lowest BCUT2D eigenvalue weighted by atomic mass is 10.1. The van der Waals surface area contributed by atoms with Crippen molar-refractivity contribution in [2.45, 2.75) is 27.2 Å². The number of aromatic nitrogens is 2. The minimum atomic E-state index is -0.608. The van der Waals surface area contributed by atoms with E-state index in [1.165, 1.54) is 0 Å². The summed E-state index contributed by atoms with van der Waals surface area (Å²) in [5.74, 6) is -0.870. The van der Waals surface area contributed by atoms with Crippen LogP contribution in [0.5, 0.6) is 0 Å². The topological polar surface area (TPSA) is 70.7 Å². The van der Waals surface area contributed by atoms with Crippen molar-refractivity contribution < 1.29 is 4.79 Å². The number of carbonyl (C=O) groups is 1. The Morgan fingerprint density at radius 2 is 2.05 bits per heavy atom. The number of nitrogens with zero attached hydrogens (tertiary/aromatic N) is 3. The lowest BCUT2D eigenvalue weighted by Gasteiger charge is -2.10. The first kappa shape index (κ1) is 14.8. The molecule has 2 aromatic rings. The van der Waals surface area contributed by atoms with Gasteiger partial charge in [-0.3, -0.25) is 4.79 Å². The highest BCUT2D eigenvalue weighted by Gasteiger charge is 2.15. The minimum absolute atomic E-state index is 0.262. The molecule has 1 unspecified atom stereocenters. The van der Waals surface area contributed by atoms with Gasteiger partial charge >= 0.3 is 0 Å². The van der Waals surface area contributed by atoms with Crippen molar-refractivity contribution in [1.82, 2.24) is 9.55 Å². The summed E-state index contributed by atoms with van der Waals surface area (Å²) in [6, 6.07) is 9.47. The summed E-state index contributed by atoms with van der Waals surface area (Å²) >= 11 is 0. The molecule has 0 fully saturated rings. The third-order valence-corrected chi connectivity index (χ3v) is 3.55. The van der Waals surface area contributed by atoms with Gasteiger partial charge < -0.3 is 9.88 Å². The number of amides is 1. The maximum atomic E-state index is 11.8. The maximum absolute atomic E-state index is 11.8. The molecule has 0 aliphatic rings. The van der Waals surface area contributed by atoms with Gasteiger partial charge in [-0.15, -0.1) is 0 Å². The van der Waals surface area contributed by atoms with Crippen LogP contribution < -0.4 is 5.32 Å². The molecule has 5 heteroatoms. The van der Waals surface area contributed by atoms with Crippen LogP contribution in [0.4, 0.5) is 5.69 Å². The first-order valence-corrected chi connectivity index (χ1v) is 6.88. The molecule has 0 aliphatic heterocycles. The van der Waals surface area contributed by atoms with Crippen LogP contribution in [-0.2, 0) is 4.79 Å². The number of hydrogen-bond donors (Lipinski definition) is 1. The standard InChI is InChI=1S/C16H18N4O/c1-4-13(9-17)16(21)19-14-5-7-15(8-6-14)20-10-18-11(2)12(20)3/h5-8,10,13H,4H2,1-3H3,(H,19,21). The number of nitriles is 1. The monoisotopic (exact) mass is 282 g/mol. The lowest BCUT2D eigenvalue weighted by molar-refractivity contribution is -0.118. The van der Waals surface area contributed by atoms with Gasteiger partial charge in [0.2, 0.25) is 5.91 Å². The van der Waals surface area contributed by atoms with E-state index in [0.717, 1.165) is 17.1 Å². The van der Waals surface area contributed by atoms with Crippen LogP contribution in [0.25, 0.3) is 5.69 Å². The van der Waals surface area contributed by atoms with Gasteiger partial charge in [-0.2, -0.15) is 5.26 Å². The van der Waals surface area contributed by atoms with Crippen molar-refractivity contribution >= 4 is 11.6 Å². The molecule has 1 atom stereocenters. The molecule has 1 aromatic heterocycles. The molecule has 1 amide bonds. The number of imidazole rings is 1. The van der Waals surface area contributed by atoms with Crippen LogP contribution >= 0.6 is 0 Å². The molecular formula is C16H18N4O. The molecule has 5 nitrogen and oxygen atoms in total. The van der Waals surface area contributed by atoms with Crippen LogP contribution in [0.1, 0.15) is 24.7 Å². The van der Waals surface area contributed by atoms with E-state index >= 15 is 0 Å². The summed E-state index contributed by atoms with van der Waals surface area (Å²) in [5.41, 5.74) is 3.75. The molecular weight excluding hydrogens is 264 g/mol. The van der Waals surface area contributed by atoms with Gasteiger partial charge in [0, 0.05) is 17.1 Å². The predicted molar refractivity (Wildman–Crippen MR) is 81.1 cm³/mol. The Hall–Kier alpha value is -2.61. The molecule has 0 bridgehead atoms. The Balaban J connectivity index is 2.15. The van der Waals surface area contributed by atoms with Gasteiger partial charge in [0.25, 0.3) is 0 Å². The summed E-state index contributed by atoms with van der Waals surface area (Å²) in [4.78, 5) is 16.1. The summed E-state index contributed by atoms with van der Waals surface area (Å²) in [5, 5.41) is 11.6. The van der Waals surface area contributed by atoms with E-state index in [1.54, 1.807) is 6.33 Å². The molecule has 0 saturated heterocycles. The summed E-state index contributed by atoms with van der Waals surface area (Å²) < 4.78 is 1.99. The molecule has 1 heterocycles. The van der Waals surface area contributed by atoms with E-state index in [-0.39, 0.29) is 5.91 Å². The van der Waals surface area contributed by atoms with Crippen LogP contribution in [0, 0.1) is 31.1 Å². The number of hydrogen-bond acceptors (Lipinski definition) is 3. The van der Waals surface area contributed by atoms with Gasteiger partial charge in [-0.25, -0.2) is 4.98 Å². The summed E-state index contributed by atoms with van der Waals surface area (Å²) in [6.07, 6.45) is 2.29. The molecule has 2 rings (SSSR count). The lowest BCUT2D eigenvalue weighted by Crippen LogP contribution is -2.20. The van der Waals surface area contributed by atoms with Crippen molar-refractivity contribution in [1.29, 1.82) is 5.26 Å². The van der Waals surface area contributed by atoms with E-state index in [1.807, 2.05) is 55.7 Å².